The fourth-order valence-electron chi connectivity index (χ4n) is 0.952. The average Bonchev–Trinajstić information content (AvgIpc) is 1.97. The lowest BCUT2D eigenvalue weighted by molar-refractivity contribution is 0.431. The molecule has 0 saturated heterocycles. The highest BCUT2D eigenvalue weighted by atomic mass is 15.1. The molecule has 0 aromatic rings. The van der Waals surface area contributed by atoms with Gasteiger partial charge in [0.05, 0.1) is 0 Å². The predicted molar refractivity (Wildman–Crippen MR) is 46.9 cm³/mol. The Morgan fingerprint density at radius 3 is 2.45 bits per heavy atom. The Morgan fingerprint density at radius 1 is 1.36 bits per heavy atom. The number of hydrogen-bond acceptors (Lipinski definition) is 2. The topological polar surface area (TPSA) is 27.0 Å². The smallest absolute Gasteiger partial charge is 0.179 e. The van der Waals surface area contributed by atoms with Crippen molar-refractivity contribution in [3.05, 3.63) is 0 Å². The monoisotopic (exact) mass is 154 g/mol. The summed E-state index contributed by atoms with van der Waals surface area (Å²) in [4.78, 5) is 1.68. The SMILES string of the molecule is CC(C)CCCCN(C)C#N. The number of hydrogen-bond donors (Lipinski definition) is 0. The maximum atomic E-state index is 8.42. The highest BCUT2D eigenvalue weighted by molar-refractivity contribution is 4.67. The van der Waals surface area contributed by atoms with Crippen LogP contribution in [-0.4, -0.2) is 18.5 Å². The fraction of sp³-hybridized carbons (Fsp3) is 0.889. The Kier molecular flexibility index (Phi) is 5.64. The van der Waals surface area contributed by atoms with E-state index in [-0.39, 0.29) is 0 Å². The van der Waals surface area contributed by atoms with Crippen molar-refractivity contribution in [1.29, 1.82) is 5.26 Å². The predicted octanol–water partition coefficient (Wildman–Crippen LogP) is 2.23. The molecule has 0 aromatic carbocycles. The first-order valence-electron chi connectivity index (χ1n) is 4.27. The molecule has 64 valence electrons. The third-order valence-corrected chi connectivity index (χ3v) is 1.70. The molecule has 0 heterocycles. The Morgan fingerprint density at radius 2 is 2.00 bits per heavy atom. The van der Waals surface area contributed by atoms with Crippen LogP contribution in [0.3, 0.4) is 0 Å². The van der Waals surface area contributed by atoms with Crippen LogP contribution in [0.5, 0.6) is 0 Å². The van der Waals surface area contributed by atoms with Gasteiger partial charge in [0.15, 0.2) is 6.19 Å². The van der Waals surface area contributed by atoms with Crippen LogP contribution in [0.1, 0.15) is 33.1 Å². The second-order valence-corrected chi connectivity index (χ2v) is 3.41. The minimum atomic E-state index is 0.794. The summed E-state index contributed by atoms with van der Waals surface area (Å²) in [6, 6.07) is 0. The summed E-state index contributed by atoms with van der Waals surface area (Å²) in [6.07, 6.45) is 5.74. The molecule has 0 fully saturated rings. The van der Waals surface area contributed by atoms with E-state index < -0.39 is 0 Å². The van der Waals surface area contributed by atoms with Crippen molar-refractivity contribution in [2.75, 3.05) is 13.6 Å². The lowest BCUT2D eigenvalue weighted by Crippen LogP contribution is -2.12. The van der Waals surface area contributed by atoms with E-state index in [9.17, 15) is 0 Å². The maximum absolute atomic E-state index is 8.42. The third kappa shape index (κ3) is 7.18. The molecule has 0 rings (SSSR count). The van der Waals surface area contributed by atoms with Gasteiger partial charge in [-0.25, -0.2) is 0 Å². The van der Waals surface area contributed by atoms with Crippen LogP contribution < -0.4 is 0 Å². The van der Waals surface area contributed by atoms with Crippen molar-refractivity contribution >= 4 is 0 Å². The van der Waals surface area contributed by atoms with E-state index in [1.807, 2.05) is 7.05 Å². The largest absolute Gasteiger partial charge is 0.314 e. The van der Waals surface area contributed by atoms with Gasteiger partial charge in [-0.15, -0.1) is 0 Å². The molecule has 0 unspecified atom stereocenters. The van der Waals surface area contributed by atoms with Gasteiger partial charge in [-0.3, -0.25) is 0 Å². The summed E-state index contributed by atoms with van der Waals surface area (Å²) in [6.45, 7) is 5.37. The van der Waals surface area contributed by atoms with Gasteiger partial charge < -0.3 is 4.90 Å². The van der Waals surface area contributed by atoms with E-state index in [0.717, 1.165) is 18.9 Å². The molecular formula is C9H18N2. The molecule has 0 saturated carbocycles. The molecule has 0 atom stereocenters. The van der Waals surface area contributed by atoms with E-state index in [4.69, 9.17) is 5.26 Å². The second kappa shape index (κ2) is 6.03. The zero-order chi connectivity index (χ0) is 8.69. The van der Waals surface area contributed by atoms with Crippen molar-refractivity contribution < 1.29 is 0 Å². The Hall–Kier alpha value is -0.710. The molecule has 0 aromatic heterocycles. The van der Waals surface area contributed by atoms with Crippen molar-refractivity contribution in [2.45, 2.75) is 33.1 Å². The molecule has 2 heteroatoms. The zero-order valence-corrected chi connectivity index (χ0v) is 7.80. The number of rotatable bonds is 5. The molecule has 0 radical (unpaired) electrons. The zero-order valence-electron chi connectivity index (χ0n) is 7.80. The highest BCUT2D eigenvalue weighted by Gasteiger charge is 1.95. The molecule has 0 bridgehead atoms. The van der Waals surface area contributed by atoms with Crippen molar-refractivity contribution in [3.63, 3.8) is 0 Å². The Labute approximate surface area is 69.8 Å². The van der Waals surface area contributed by atoms with E-state index >= 15 is 0 Å². The number of unbranched alkanes of at least 4 members (excludes halogenated alkanes) is 1. The number of nitrogens with zero attached hydrogens (tertiary/aromatic N) is 2. The van der Waals surface area contributed by atoms with Crippen LogP contribution in [0.25, 0.3) is 0 Å². The van der Waals surface area contributed by atoms with Crippen LogP contribution in [0.15, 0.2) is 0 Å². The van der Waals surface area contributed by atoms with Crippen molar-refractivity contribution in [3.8, 4) is 6.19 Å². The van der Waals surface area contributed by atoms with Gasteiger partial charge in [-0.05, 0) is 12.3 Å². The summed E-state index contributed by atoms with van der Waals surface area (Å²) in [5.74, 6) is 0.794. The molecule has 0 N–H and O–H groups in total. The van der Waals surface area contributed by atoms with Gasteiger partial charge in [0.25, 0.3) is 0 Å². The molecule has 0 aliphatic heterocycles. The quantitative estimate of drug-likeness (QED) is 0.345. The van der Waals surface area contributed by atoms with E-state index in [2.05, 4.69) is 20.0 Å². The number of nitriles is 1. The van der Waals surface area contributed by atoms with E-state index in [0.29, 0.717) is 0 Å². The molecule has 0 amide bonds. The second-order valence-electron chi connectivity index (χ2n) is 3.41. The standard InChI is InChI=1S/C9H18N2/c1-9(2)6-4-5-7-11(3)8-10/h9H,4-7H2,1-3H3. The lowest BCUT2D eigenvalue weighted by Gasteiger charge is -2.08. The van der Waals surface area contributed by atoms with Crippen molar-refractivity contribution in [1.82, 2.24) is 4.90 Å². The van der Waals surface area contributed by atoms with E-state index in [1.54, 1.807) is 4.90 Å². The molecule has 2 nitrogen and oxygen atoms in total. The summed E-state index contributed by atoms with van der Waals surface area (Å²) >= 11 is 0. The summed E-state index contributed by atoms with van der Waals surface area (Å²) in [7, 11) is 1.83. The first kappa shape index (κ1) is 10.3. The van der Waals surface area contributed by atoms with Crippen molar-refractivity contribution in [2.24, 2.45) is 5.92 Å². The van der Waals surface area contributed by atoms with Crippen LogP contribution in [0.2, 0.25) is 0 Å². The van der Waals surface area contributed by atoms with E-state index in [1.165, 1.54) is 12.8 Å². The maximum Gasteiger partial charge on any atom is 0.179 e. The molecule has 0 aliphatic rings. The van der Waals surface area contributed by atoms with Crippen LogP contribution >= 0.6 is 0 Å². The van der Waals surface area contributed by atoms with Gasteiger partial charge in [0, 0.05) is 13.6 Å². The first-order chi connectivity index (χ1) is 5.16. The first-order valence-corrected chi connectivity index (χ1v) is 4.27. The normalized spacial score (nSPS) is 9.73. The Bertz CT molecular complexity index is 124. The minimum Gasteiger partial charge on any atom is -0.314 e. The van der Waals surface area contributed by atoms with Crippen LogP contribution in [0.4, 0.5) is 0 Å². The molecule has 11 heavy (non-hydrogen) atoms. The molecular weight excluding hydrogens is 136 g/mol. The lowest BCUT2D eigenvalue weighted by atomic mass is 10.1. The summed E-state index contributed by atoms with van der Waals surface area (Å²) in [5.41, 5.74) is 0. The molecule has 0 spiro atoms. The van der Waals surface area contributed by atoms with Gasteiger partial charge in [-0.1, -0.05) is 26.7 Å². The van der Waals surface area contributed by atoms with Gasteiger partial charge in [0.1, 0.15) is 0 Å². The summed E-state index contributed by atoms with van der Waals surface area (Å²) in [5, 5.41) is 8.42. The average molecular weight is 154 g/mol. The Balaban J connectivity index is 3.10. The van der Waals surface area contributed by atoms with Crippen LogP contribution in [-0.2, 0) is 0 Å². The third-order valence-electron chi connectivity index (χ3n) is 1.70. The fourth-order valence-corrected chi connectivity index (χ4v) is 0.952. The van der Waals surface area contributed by atoms with Gasteiger partial charge >= 0.3 is 0 Å². The highest BCUT2D eigenvalue weighted by Crippen LogP contribution is 2.05. The van der Waals surface area contributed by atoms with Crippen LogP contribution in [0, 0.1) is 17.4 Å². The molecule has 0 aliphatic carbocycles. The van der Waals surface area contributed by atoms with Gasteiger partial charge in [-0.2, -0.15) is 5.26 Å². The van der Waals surface area contributed by atoms with Gasteiger partial charge in [0.2, 0.25) is 0 Å². The minimum absolute atomic E-state index is 0.794. The summed E-state index contributed by atoms with van der Waals surface area (Å²) < 4.78 is 0.